The van der Waals surface area contributed by atoms with Gasteiger partial charge in [0.05, 0.1) is 31.9 Å². The zero-order valence-electron chi connectivity index (χ0n) is 14.8. The number of Topliss-reactive ketones (excluding diaryl/α,β-unsaturated/α-hetero) is 1. The number of carbonyl (C=O) groups is 1. The fourth-order valence-corrected chi connectivity index (χ4v) is 3.77. The van der Waals surface area contributed by atoms with Crippen LogP contribution in [0, 0.1) is 0 Å². The Labute approximate surface area is 163 Å². The molecule has 0 aliphatic heterocycles. The second kappa shape index (κ2) is 8.39. The number of alkyl halides is 3. The van der Waals surface area contributed by atoms with Gasteiger partial charge < -0.3 is 14.0 Å². The third kappa shape index (κ3) is 5.38. The number of ketones is 1. The summed E-state index contributed by atoms with van der Waals surface area (Å²) in [5, 5.41) is -0.354. The fraction of sp³-hybridized carbons (Fsp3) is 0.375. The molecule has 12 heteroatoms. The van der Waals surface area contributed by atoms with Crippen molar-refractivity contribution in [2.45, 2.75) is 24.0 Å². The Morgan fingerprint density at radius 1 is 1.18 bits per heavy atom. The molecule has 0 unspecified atom stereocenters. The number of methoxy groups -OCH3 is 2. The third-order valence-electron chi connectivity index (χ3n) is 3.68. The highest BCUT2D eigenvalue weighted by Gasteiger charge is 2.29. The first-order chi connectivity index (χ1) is 13.0. The normalized spacial score (nSPS) is 12.1. The number of imidazole rings is 1. The molecule has 0 atom stereocenters. The van der Waals surface area contributed by atoms with Gasteiger partial charge in [-0.3, -0.25) is 4.79 Å². The summed E-state index contributed by atoms with van der Waals surface area (Å²) in [6, 6.07) is 3.89. The zero-order valence-corrected chi connectivity index (χ0v) is 16.4. The first-order valence-corrected chi connectivity index (χ1v) is 9.76. The molecular weight excluding hydrogens is 425 g/mol. The quantitative estimate of drug-likeness (QED) is 0.586. The van der Waals surface area contributed by atoms with E-state index >= 15 is 0 Å². The molecule has 0 aliphatic rings. The van der Waals surface area contributed by atoms with Crippen molar-refractivity contribution in [2.75, 3.05) is 20.0 Å². The van der Waals surface area contributed by atoms with Gasteiger partial charge in [0.25, 0.3) is 0 Å². The van der Waals surface area contributed by atoms with E-state index in [1.165, 1.54) is 32.4 Å². The van der Waals surface area contributed by atoms with E-state index in [1.54, 1.807) is 0 Å². The Morgan fingerprint density at radius 3 is 2.25 bits per heavy atom. The van der Waals surface area contributed by atoms with Crippen molar-refractivity contribution >= 4 is 27.2 Å². The Balaban J connectivity index is 2.24. The van der Waals surface area contributed by atoms with Crippen LogP contribution < -0.4 is 9.47 Å². The summed E-state index contributed by atoms with van der Waals surface area (Å²) in [6.45, 7) is -0.539. The summed E-state index contributed by atoms with van der Waals surface area (Å²) in [4.78, 5) is 15.8. The number of nitrogens with zero attached hydrogens (tertiary/aromatic N) is 2. The fourth-order valence-electron chi connectivity index (χ4n) is 2.24. The number of sulfone groups is 1. The van der Waals surface area contributed by atoms with E-state index in [1.807, 2.05) is 0 Å². The van der Waals surface area contributed by atoms with Crippen molar-refractivity contribution < 1.29 is 35.9 Å². The molecule has 0 saturated heterocycles. The van der Waals surface area contributed by atoms with Crippen LogP contribution in [0.5, 0.6) is 11.5 Å². The van der Waals surface area contributed by atoms with Crippen LogP contribution in [0.15, 0.2) is 29.4 Å². The lowest BCUT2D eigenvalue weighted by Gasteiger charge is -2.09. The second-order valence-electron chi connectivity index (χ2n) is 5.67. The van der Waals surface area contributed by atoms with Crippen molar-refractivity contribution in [2.24, 2.45) is 0 Å². The molecular formula is C16H16ClF3N2O5S. The van der Waals surface area contributed by atoms with E-state index in [9.17, 15) is 26.4 Å². The SMILES string of the molecule is COc1cc(OC)cc(S(=O)(=O)CC(=O)c2ncn(CCC(F)(F)F)c2Cl)c1. The van der Waals surface area contributed by atoms with Crippen molar-refractivity contribution in [3.63, 3.8) is 0 Å². The van der Waals surface area contributed by atoms with Gasteiger partial charge in [-0.1, -0.05) is 11.6 Å². The molecule has 0 fully saturated rings. The highest BCUT2D eigenvalue weighted by molar-refractivity contribution is 7.92. The molecule has 0 saturated carbocycles. The molecule has 1 aromatic heterocycles. The maximum Gasteiger partial charge on any atom is 0.390 e. The summed E-state index contributed by atoms with van der Waals surface area (Å²) < 4.78 is 73.1. The standard InChI is InChI=1S/C16H16ClF3N2O5S/c1-26-10-5-11(27-2)7-12(6-10)28(24,25)8-13(23)14-15(17)22(9-21-14)4-3-16(18,19)20/h5-7,9H,3-4,8H2,1-2H3. The van der Waals surface area contributed by atoms with Crippen molar-refractivity contribution in [1.82, 2.24) is 9.55 Å². The Hall–Kier alpha value is -2.27. The predicted molar refractivity (Wildman–Crippen MR) is 93.8 cm³/mol. The number of rotatable bonds is 8. The molecule has 2 rings (SSSR count). The highest BCUT2D eigenvalue weighted by atomic mass is 35.5. The average Bonchev–Trinajstić information content (AvgIpc) is 2.99. The minimum absolute atomic E-state index is 0.208. The molecule has 2 aromatic rings. The summed E-state index contributed by atoms with van der Waals surface area (Å²) in [7, 11) is -1.44. The number of aryl methyl sites for hydroxylation is 1. The molecule has 0 radical (unpaired) electrons. The van der Waals surface area contributed by atoms with Gasteiger partial charge in [-0.05, 0) is 12.1 Å². The van der Waals surface area contributed by atoms with Gasteiger partial charge in [0.2, 0.25) is 0 Å². The van der Waals surface area contributed by atoms with Crippen LogP contribution in [-0.2, 0) is 16.4 Å². The predicted octanol–water partition coefficient (Wildman–Crippen LogP) is 3.16. The molecule has 1 heterocycles. The van der Waals surface area contributed by atoms with E-state index in [2.05, 4.69) is 4.98 Å². The van der Waals surface area contributed by atoms with Gasteiger partial charge in [-0.15, -0.1) is 0 Å². The third-order valence-corrected chi connectivity index (χ3v) is 5.67. The summed E-state index contributed by atoms with van der Waals surface area (Å²) in [5.41, 5.74) is -0.415. The molecule has 0 aliphatic carbocycles. The minimum Gasteiger partial charge on any atom is -0.497 e. The molecule has 0 spiro atoms. The lowest BCUT2D eigenvalue weighted by molar-refractivity contribution is -0.136. The van der Waals surface area contributed by atoms with Crippen molar-refractivity contribution in [3.8, 4) is 11.5 Å². The van der Waals surface area contributed by atoms with Gasteiger partial charge in [0.15, 0.2) is 15.6 Å². The molecule has 154 valence electrons. The molecule has 28 heavy (non-hydrogen) atoms. The molecule has 0 amide bonds. The average molecular weight is 441 g/mol. The lowest BCUT2D eigenvalue weighted by atomic mass is 10.3. The number of hydrogen-bond acceptors (Lipinski definition) is 6. The highest BCUT2D eigenvalue weighted by Crippen LogP contribution is 2.27. The van der Waals surface area contributed by atoms with Gasteiger partial charge in [0, 0.05) is 12.6 Å². The number of benzene rings is 1. The lowest BCUT2D eigenvalue weighted by Crippen LogP contribution is -2.17. The molecule has 7 nitrogen and oxygen atoms in total. The van der Waals surface area contributed by atoms with E-state index < -0.39 is 46.2 Å². The summed E-state index contributed by atoms with van der Waals surface area (Å²) >= 11 is 5.90. The van der Waals surface area contributed by atoms with Crippen LogP contribution >= 0.6 is 11.6 Å². The summed E-state index contributed by atoms with van der Waals surface area (Å²) in [6.07, 6.45) is -4.62. The van der Waals surface area contributed by atoms with E-state index in [-0.39, 0.29) is 21.5 Å². The molecule has 1 aromatic carbocycles. The first kappa shape index (κ1) is 22.0. The minimum atomic E-state index is -4.41. The molecule has 0 N–H and O–H groups in total. The van der Waals surface area contributed by atoms with E-state index in [0.29, 0.717) is 0 Å². The van der Waals surface area contributed by atoms with Crippen LogP contribution in [0.2, 0.25) is 5.15 Å². The van der Waals surface area contributed by atoms with Crippen LogP contribution in [0.1, 0.15) is 16.9 Å². The number of aromatic nitrogens is 2. The van der Waals surface area contributed by atoms with E-state index in [0.717, 1.165) is 10.9 Å². The van der Waals surface area contributed by atoms with Crippen LogP contribution in [0.3, 0.4) is 0 Å². The monoisotopic (exact) mass is 440 g/mol. The maximum absolute atomic E-state index is 12.6. The van der Waals surface area contributed by atoms with Gasteiger partial charge >= 0.3 is 6.18 Å². The topological polar surface area (TPSA) is 87.5 Å². The second-order valence-corrected chi connectivity index (χ2v) is 8.02. The number of carbonyl (C=O) groups excluding carboxylic acids is 1. The number of halogens is 4. The zero-order chi connectivity index (χ0) is 21.1. The van der Waals surface area contributed by atoms with Crippen molar-refractivity contribution in [3.05, 3.63) is 35.4 Å². The Bertz CT molecular complexity index is 951. The Kier molecular flexibility index (Phi) is 6.60. The maximum atomic E-state index is 12.6. The largest absolute Gasteiger partial charge is 0.497 e. The smallest absolute Gasteiger partial charge is 0.390 e. The number of ether oxygens (including phenoxy) is 2. The van der Waals surface area contributed by atoms with Crippen LogP contribution in [0.4, 0.5) is 13.2 Å². The first-order valence-electron chi connectivity index (χ1n) is 7.73. The number of hydrogen-bond donors (Lipinski definition) is 0. The Morgan fingerprint density at radius 2 is 1.75 bits per heavy atom. The van der Waals surface area contributed by atoms with Gasteiger partial charge in [-0.25, -0.2) is 13.4 Å². The van der Waals surface area contributed by atoms with E-state index in [4.69, 9.17) is 21.1 Å². The van der Waals surface area contributed by atoms with Crippen molar-refractivity contribution in [1.29, 1.82) is 0 Å². The van der Waals surface area contributed by atoms with Gasteiger partial charge in [0.1, 0.15) is 28.1 Å². The molecule has 0 bridgehead atoms. The summed E-state index contributed by atoms with van der Waals surface area (Å²) in [5.74, 6) is -1.50. The van der Waals surface area contributed by atoms with Crippen LogP contribution in [-0.4, -0.2) is 49.9 Å². The van der Waals surface area contributed by atoms with Crippen LogP contribution in [0.25, 0.3) is 0 Å². The van der Waals surface area contributed by atoms with Gasteiger partial charge in [-0.2, -0.15) is 13.2 Å².